The van der Waals surface area contributed by atoms with E-state index in [0.29, 0.717) is 18.2 Å². The maximum Gasteiger partial charge on any atom is 0.227 e. The van der Waals surface area contributed by atoms with Gasteiger partial charge in [0.25, 0.3) is 0 Å². The molecule has 1 heterocycles. The summed E-state index contributed by atoms with van der Waals surface area (Å²) in [6, 6.07) is 7.62. The van der Waals surface area contributed by atoms with Gasteiger partial charge in [-0.25, -0.2) is 0 Å². The highest BCUT2D eigenvalue weighted by molar-refractivity contribution is 6.30. The van der Waals surface area contributed by atoms with E-state index in [9.17, 15) is 4.79 Å². The third kappa shape index (κ3) is 4.43. The lowest BCUT2D eigenvalue weighted by atomic mass is 10.0. The second-order valence-corrected chi connectivity index (χ2v) is 5.92. The molecule has 0 bridgehead atoms. The normalized spacial score (nSPS) is 23.0. The van der Waals surface area contributed by atoms with Crippen molar-refractivity contribution in [1.82, 2.24) is 10.6 Å². The van der Waals surface area contributed by atoms with Crippen molar-refractivity contribution in [3.05, 3.63) is 34.9 Å². The minimum Gasteiger partial charge on any atom is -0.379 e. The first-order valence-electron chi connectivity index (χ1n) is 7.48. The molecule has 1 aliphatic rings. The number of benzene rings is 1. The number of carbonyl (C=O) groups excluding carboxylic acids is 1. The summed E-state index contributed by atoms with van der Waals surface area (Å²) in [5.41, 5.74) is 1.05. The van der Waals surface area contributed by atoms with Gasteiger partial charge in [-0.05, 0) is 37.6 Å². The third-order valence-electron chi connectivity index (χ3n) is 3.80. The average molecular weight is 311 g/mol. The predicted octanol–water partition coefficient (Wildman–Crippen LogP) is 2.53. The van der Waals surface area contributed by atoms with Gasteiger partial charge in [0.15, 0.2) is 0 Å². The van der Waals surface area contributed by atoms with E-state index < -0.39 is 0 Å². The summed E-state index contributed by atoms with van der Waals surface area (Å²) in [4.78, 5) is 12.4. The molecular weight excluding hydrogens is 288 g/mol. The Bertz CT molecular complexity index is 464. The van der Waals surface area contributed by atoms with Gasteiger partial charge in [0.05, 0.1) is 25.2 Å². The summed E-state index contributed by atoms with van der Waals surface area (Å²) in [6.07, 6.45) is 1.05. The maximum absolute atomic E-state index is 12.4. The molecule has 1 aromatic carbocycles. The van der Waals surface area contributed by atoms with Crippen LogP contribution in [0.2, 0.25) is 5.02 Å². The number of ether oxygens (including phenoxy) is 1. The van der Waals surface area contributed by atoms with Crippen molar-refractivity contribution in [3.8, 4) is 0 Å². The van der Waals surface area contributed by atoms with Gasteiger partial charge in [-0.1, -0.05) is 30.7 Å². The van der Waals surface area contributed by atoms with Crippen LogP contribution in [0.1, 0.15) is 31.9 Å². The number of amides is 1. The van der Waals surface area contributed by atoms with Crippen molar-refractivity contribution in [3.63, 3.8) is 0 Å². The molecule has 1 amide bonds. The number of hydrogen-bond donors (Lipinski definition) is 2. The third-order valence-corrected chi connectivity index (χ3v) is 4.05. The van der Waals surface area contributed by atoms with Gasteiger partial charge < -0.3 is 15.4 Å². The molecule has 0 aliphatic carbocycles. The zero-order valence-corrected chi connectivity index (χ0v) is 13.3. The maximum atomic E-state index is 12.4. The molecule has 2 rings (SSSR count). The zero-order valence-electron chi connectivity index (χ0n) is 12.6. The summed E-state index contributed by atoms with van der Waals surface area (Å²) in [5, 5.41) is 7.14. The van der Waals surface area contributed by atoms with Crippen LogP contribution in [0.3, 0.4) is 0 Å². The lowest BCUT2D eigenvalue weighted by Crippen LogP contribution is -2.44. The Hall–Kier alpha value is -1.10. The van der Waals surface area contributed by atoms with E-state index in [0.717, 1.165) is 18.5 Å². The fourth-order valence-corrected chi connectivity index (χ4v) is 2.62. The Balaban J connectivity index is 1.92. The Labute approximate surface area is 131 Å². The number of hydrogen-bond acceptors (Lipinski definition) is 3. The fourth-order valence-electron chi connectivity index (χ4n) is 2.50. The standard InChI is InChI=1S/C16H23ClN2O2/c1-3-8-18-15-10-21-9-14(15)16(20)19-11(2)12-4-6-13(17)7-5-12/h4-7,11,14-15,18H,3,8-10H2,1-2H3,(H,19,20)/t11-,14?,15?/m0/s1. The van der Waals surface area contributed by atoms with Gasteiger partial charge in [0.1, 0.15) is 0 Å². The van der Waals surface area contributed by atoms with Crippen molar-refractivity contribution >= 4 is 17.5 Å². The molecule has 1 aliphatic heterocycles. The molecule has 1 saturated heterocycles. The first-order chi connectivity index (χ1) is 10.1. The van der Waals surface area contributed by atoms with Crippen molar-refractivity contribution in [2.75, 3.05) is 19.8 Å². The molecule has 4 nitrogen and oxygen atoms in total. The van der Waals surface area contributed by atoms with E-state index in [-0.39, 0.29) is 23.9 Å². The second-order valence-electron chi connectivity index (χ2n) is 5.49. The highest BCUT2D eigenvalue weighted by Gasteiger charge is 2.34. The molecule has 2 N–H and O–H groups in total. The van der Waals surface area contributed by atoms with Crippen LogP contribution < -0.4 is 10.6 Å². The summed E-state index contributed by atoms with van der Waals surface area (Å²) in [5.74, 6) is -0.0742. The Kier molecular flexibility index (Phi) is 6.03. The van der Waals surface area contributed by atoms with Crippen LogP contribution >= 0.6 is 11.6 Å². The van der Waals surface area contributed by atoms with E-state index >= 15 is 0 Å². The molecule has 21 heavy (non-hydrogen) atoms. The fraction of sp³-hybridized carbons (Fsp3) is 0.562. The molecule has 1 fully saturated rings. The van der Waals surface area contributed by atoms with Crippen molar-refractivity contribution in [2.45, 2.75) is 32.4 Å². The Morgan fingerprint density at radius 3 is 2.76 bits per heavy atom. The van der Waals surface area contributed by atoms with E-state index in [1.165, 1.54) is 0 Å². The lowest BCUT2D eigenvalue weighted by Gasteiger charge is -2.21. The minimum absolute atomic E-state index is 0.0396. The van der Waals surface area contributed by atoms with Crippen molar-refractivity contribution in [2.24, 2.45) is 5.92 Å². The van der Waals surface area contributed by atoms with Crippen LogP contribution in [0.25, 0.3) is 0 Å². The molecule has 116 valence electrons. The number of nitrogens with one attached hydrogen (secondary N) is 2. The molecule has 0 spiro atoms. The van der Waals surface area contributed by atoms with Gasteiger partial charge in [-0.2, -0.15) is 0 Å². The molecule has 0 radical (unpaired) electrons. The van der Waals surface area contributed by atoms with Gasteiger partial charge in [0, 0.05) is 11.1 Å². The molecule has 2 unspecified atom stereocenters. The van der Waals surface area contributed by atoms with Crippen LogP contribution in [0, 0.1) is 5.92 Å². The van der Waals surface area contributed by atoms with Crippen molar-refractivity contribution in [1.29, 1.82) is 0 Å². The quantitative estimate of drug-likeness (QED) is 0.849. The summed E-state index contributed by atoms with van der Waals surface area (Å²) >= 11 is 5.88. The van der Waals surface area contributed by atoms with Crippen LogP contribution in [-0.4, -0.2) is 31.7 Å². The summed E-state index contributed by atoms with van der Waals surface area (Å²) in [6.45, 7) is 6.09. The SMILES string of the molecule is CCCNC1COCC1C(=O)N[C@@H](C)c1ccc(Cl)cc1. The first kappa shape index (κ1) is 16.3. The Morgan fingerprint density at radius 2 is 2.10 bits per heavy atom. The first-order valence-corrected chi connectivity index (χ1v) is 7.86. The molecular formula is C16H23ClN2O2. The predicted molar refractivity (Wildman–Crippen MR) is 84.4 cm³/mol. The van der Waals surface area contributed by atoms with Crippen LogP contribution in [0.4, 0.5) is 0 Å². The molecule has 0 saturated carbocycles. The number of rotatable bonds is 6. The number of halogens is 1. The van der Waals surface area contributed by atoms with E-state index in [2.05, 4.69) is 17.6 Å². The zero-order chi connectivity index (χ0) is 15.2. The van der Waals surface area contributed by atoms with E-state index in [1.54, 1.807) is 0 Å². The molecule has 5 heteroatoms. The lowest BCUT2D eigenvalue weighted by molar-refractivity contribution is -0.126. The van der Waals surface area contributed by atoms with Gasteiger partial charge >= 0.3 is 0 Å². The molecule has 3 atom stereocenters. The topological polar surface area (TPSA) is 50.4 Å². The highest BCUT2D eigenvalue weighted by atomic mass is 35.5. The van der Waals surface area contributed by atoms with E-state index in [4.69, 9.17) is 16.3 Å². The largest absolute Gasteiger partial charge is 0.379 e. The summed E-state index contributed by atoms with van der Waals surface area (Å²) < 4.78 is 5.45. The monoisotopic (exact) mass is 310 g/mol. The van der Waals surface area contributed by atoms with Gasteiger partial charge in [-0.3, -0.25) is 4.79 Å². The Morgan fingerprint density at radius 1 is 1.38 bits per heavy atom. The van der Waals surface area contributed by atoms with Gasteiger partial charge in [-0.15, -0.1) is 0 Å². The van der Waals surface area contributed by atoms with E-state index in [1.807, 2.05) is 31.2 Å². The molecule has 0 aromatic heterocycles. The smallest absolute Gasteiger partial charge is 0.227 e. The van der Waals surface area contributed by atoms with Crippen LogP contribution in [0.5, 0.6) is 0 Å². The second kappa shape index (κ2) is 7.78. The number of carbonyl (C=O) groups is 1. The van der Waals surface area contributed by atoms with Gasteiger partial charge in [0.2, 0.25) is 5.91 Å². The van der Waals surface area contributed by atoms with Crippen LogP contribution in [-0.2, 0) is 9.53 Å². The minimum atomic E-state index is -0.119. The van der Waals surface area contributed by atoms with Crippen LogP contribution in [0.15, 0.2) is 24.3 Å². The summed E-state index contributed by atoms with van der Waals surface area (Å²) in [7, 11) is 0. The van der Waals surface area contributed by atoms with Crippen molar-refractivity contribution < 1.29 is 9.53 Å². The highest BCUT2D eigenvalue weighted by Crippen LogP contribution is 2.19. The average Bonchev–Trinajstić information content (AvgIpc) is 2.94. The molecule has 1 aromatic rings.